The minimum Gasteiger partial charge on any atom is -0.494 e. The summed E-state index contributed by atoms with van der Waals surface area (Å²) < 4.78 is 10.7. The number of aryl methyl sites for hydroxylation is 1. The van der Waals surface area contributed by atoms with Gasteiger partial charge in [0.2, 0.25) is 0 Å². The molecule has 1 amide bonds. The van der Waals surface area contributed by atoms with Crippen LogP contribution in [0.4, 0.5) is 5.00 Å². The molecule has 0 saturated heterocycles. The molecule has 1 aromatic carbocycles. The molecule has 1 heterocycles. The van der Waals surface area contributed by atoms with E-state index in [1.165, 1.54) is 36.2 Å². The van der Waals surface area contributed by atoms with Crippen LogP contribution >= 0.6 is 23.6 Å². The highest BCUT2D eigenvalue weighted by Gasteiger charge is 2.26. The molecule has 172 valence electrons. The SMILES string of the molecule is CCCCCCOc1ccc(C(=O)NC(=S)Nc2sc3c(c2C(=O)OC)CCCC3)cc1. The number of thiocarbonyl (C=S) groups is 1. The number of amides is 1. The van der Waals surface area contributed by atoms with Gasteiger partial charge in [-0.05, 0) is 74.2 Å². The summed E-state index contributed by atoms with van der Waals surface area (Å²) in [4.78, 5) is 26.1. The van der Waals surface area contributed by atoms with E-state index in [1.54, 1.807) is 24.3 Å². The Morgan fingerprint density at radius 1 is 1.09 bits per heavy atom. The van der Waals surface area contributed by atoms with Crippen LogP contribution in [0.5, 0.6) is 5.75 Å². The van der Waals surface area contributed by atoms with Crippen molar-refractivity contribution in [2.24, 2.45) is 0 Å². The summed E-state index contributed by atoms with van der Waals surface area (Å²) in [7, 11) is 1.37. The van der Waals surface area contributed by atoms with E-state index >= 15 is 0 Å². The number of fused-ring (bicyclic) bond motifs is 1. The monoisotopic (exact) mass is 474 g/mol. The number of nitrogens with one attached hydrogen (secondary N) is 2. The Kier molecular flexibility index (Phi) is 9.05. The zero-order chi connectivity index (χ0) is 22.9. The number of rotatable bonds is 9. The third-order valence-corrected chi connectivity index (χ3v) is 6.81. The average molecular weight is 475 g/mol. The quantitative estimate of drug-likeness (QED) is 0.284. The topological polar surface area (TPSA) is 76.7 Å². The van der Waals surface area contributed by atoms with Gasteiger partial charge in [0.05, 0.1) is 19.3 Å². The van der Waals surface area contributed by atoms with Crippen molar-refractivity contribution in [1.29, 1.82) is 0 Å². The molecule has 0 spiro atoms. The second-order valence-corrected chi connectivity index (χ2v) is 9.26. The number of anilines is 1. The van der Waals surface area contributed by atoms with Crippen LogP contribution in [0.3, 0.4) is 0 Å². The number of carbonyl (C=O) groups excluding carboxylic acids is 2. The standard InChI is InChI=1S/C24H30N2O4S2/c1-3-4-5-8-15-30-17-13-11-16(12-14-17)21(27)25-24(31)26-22-20(23(28)29-2)18-9-6-7-10-19(18)32-22/h11-14H,3-10,15H2,1-2H3,(H2,25,26,27,31). The molecule has 0 saturated carbocycles. The lowest BCUT2D eigenvalue weighted by molar-refractivity contribution is 0.0601. The zero-order valence-corrected chi connectivity index (χ0v) is 20.3. The van der Waals surface area contributed by atoms with Crippen LogP contribution in [0, 0.1) is 0 Å². The minimum absolute atomic E-state index is 0.148. The van der Waals surface area contributed by atoms with Crippen molar-refractivity contribution in [3.8, 4) is 5.75 Å². The van der Waals surface area contributed by atoms with Gasteiger partial charge >= 0.3 is 5.97 Å². The fourth-order valence-electron chi connectivity index (χ4n) is 3.70. The summed E-state index contributed by atoms with van der Waals surface area (Å²) in [5.74, 6) is 0.0369. The molecule has 0 aliphatic heterocycles. The molecule has 0 radical (unpaired) electrons. The number of hydrogen-bond donors (Lipinski definition) is 2. The Bertz CT molecular complexity index is 954. The van der Waals surface area contributed by atoms with Gasteiger partial charge in [-0.15, -0.1) is 11.3 Å². The van der Waals surface area contributed by atoms with Crippen LogP contribution in [0.1, 0.15) is 76.6 Å². The summed E-state index contributed by atoms with van der Waals surface area (Å²) in [5.41, 5.74) is 2.05. The van der Waals surface area contributed by atoms with Crippen LogP contribution < -0.4 is 15.4 Å². The van der Waals surface area contributed by atoms with Gasteiger partial charge in [0.25, 0.3) is 5.91 Å². The predicted octanol–water partition coefficient (Wildman–Crippen LogP) is 5.50. The first-order chi connectivity index (χ1) is 15.5. The predicted molar refractivity (Wildman–Crippen MR) is 132 cm³/mol. The van der Waals surface area contributed by atoms with Crippen molar-refractivity contribution in [3.05, 3.63) is 45.8 Å². The summed E-state index contributed by atoms with van der Waals surface area (Å²) in [6, 6.07) is 6.99. The fourth-order valence-corrected chi connectivity index (χ4v) is 5.24. The highest BCUT2D eigenvalue weighted by molar-refractivity contribution is 7.80. The second kappa shape index (κ2) is 12.0. The fraction of sp³-hybridized carbons (Fsp3) is 0.458. The number of hydrogen-bond acceptors (Lipinski definition) is 6. The molecule has 2 aromatic rings. The average Bonchev–Trinajstić information content (AvgIpc) is 3.16. The largest absolute Gasteiger partial charge is 0.494 e. The number of thiophene rings is 1. The second-order valence-electron chi connectivity index (χ2n) is 7.75. The summed E-state index contributed by atoms with van der Waals surface area (Å²) in [6.07, 6.45) is 8.54. The first-order valence-electron chi connectivity index (χ1n) is 11.1. The number of methoxy groups -OCH3 is 1. The maximum absolute atomic E-state index is 12.6. The molecular weight excluding hydrogens is 444 g/mol. The Labute approximate surface area is 198 Å². The van der Waals surface area contributed by atoms with E-state index in [1.807, 2.05) is 0 Å². The number of benzene rings is 1. The molecular formula is C24H30N2O4S2. The molecule has 0 unspecified atom stereocenters. The minimum atomic E-state index is -0.383. The number of esters is 1. The molecule has 1 aliphatic rings. The molecule has 2 N–H and O–H groups in total. The van der Waals surface area contributed by atoms with Crippen molar-refractivity contribution in [2.45, 2.75) is 58.3 Å². The van der Waals surface area contributed by atoms with Crippen LogP contribution in [0.25, 0.3) is 0 Å². The van der Waals surface area contributed by atoms with E-state index < -0.39 is 0 Å². The van der Waals surface area contributed by atoms with Crippen molar-refractivity contribution >= 4 is 45.5 Å². The van der Waals surface area contributed by atoms with Gasteiger partial charge in [-0.1, -0.05) is 26.2 Å². The molecule has 8 heteroatoms. The van der Waals surface area contributed by atoms with Gasteiger partial charge in [-0.2, -0.15) is 0 Å². The lowest BCUT2D eigenvalue weighted by Crippen LogP contribution is -2.34. The van der Waals surface area contributed by atoms with Gasteiger partial charge < -0.3 is 14.8 Å². The molecule has 1 aromatic heterocycles. The number of unbranched alkanes of at least 4 members (excludes halogenated alkanes) is 3. The Hall–Kier alpha value is -2.45. The van der Waals surface area contributed by atoms with Crippen LogP contribution in [-0.2, 0) is 17.6 Å². The Morgan fingerprint density at radius 2 is 1.84 bits per heavy atom. The van der Waals surface area contributed by atoms with Crippen molar-refractivity contribution in [3.63, 3.8) is 0 Å². The molecule has 0 fully saturated rings. The van der Waals surface area contributed by atoms with E-state index in [4.69, 9.17) is 21.7 Å². The molecule has 3 rings (SSSR count). The highest BCUT2D eigenvalue weighted by atomic mass is 32.1. The Morgan fingerprint density at radius 3 is 2.56 bits per heavy atom. The van der Waals surface area contributed by atoms with Gasteiger partial charge in [0.15, 0.2) is 5.11 Å². The first kappa shape index (κ1) is 24.2. The summed E-state index contributed by atoms with van der Waals surface area (Å²) >= 11 is 6.84. The van der Waals surface area contributed by atoms with E-state index in [-0.39, 0.29) is 17.0 Å². The van der Waals surface area contributed by atoms with E-state index in [9.17, 15) is 9.59 Å². The maximum Gasteiger partial charge on any atom is 0.341 e. The van der Waals surface area contributed by atoms with E-state index in [0.29, 0.717) is 22.7 Å². The smallest absolute Gasteiger partial charge is 0.341 e. The molecule has 0 bridgehead atoms. The first-order valence-corrected chi connectivity index (χ1v) is 12.3. The van der Waals surface area contributed by atoms with E-state index in [2.05, 4.69) is 17.6 Å². The van der Waals surface area contributed by atoms with Gasteiger partial charge in [0.1, 0.15) is 10.8 Å². The van der Waals surface area contributed by atoms with Crippen molar-refractivity contribution < 1.29 is 19.1 Å². The van der Waals surface area contributed by atoms with Gasteiger partial charge in [-0.3, -0.25) is 10.1 Å². The van der Waals surface area contributed by atoms with Crippen molar-refractivity contribution in [2.75, 3.05) is 19.0 Å². The van der Waals surface area contributed by atoms with Crippen LogP contribution in [0.15, 0.2) is 24.3 Å². The number of carbonyl (C=O) groups is 2. The number of ether oxygens (including phenoxy) is 2. The lowest BCUT2D eigenvalue weighted by Gasteiger charge is -2.12. The normalized spacial score (nSPS) is 12.6. The van der Waals surface area contributed by atoms with Crippen LogP contribution in [0.2, 0.25) is 0 Å². The van der Waals surface area contributed by atoms with Crippen molar-refractivity contribution in [1.82, 2.24) is 5.32 Å². The Balaban J connectivity index is 1.58. The van der Waals surface area contributed by atoms with E-state index in [0.717, 1.165) is 49.8 Å². The van der Waals surface area contributed by atoms with Gasteiger partial charge in [0, 0.05) is 10.4 Å². The molecule has 1 aliphatic carbocycles. The maximum atomic E-state index is 12.6. The molecule has 6 nitrogen and oxygen atoms in total. The lowest BCUT2D eigenvalue weighted by atomic mass is 9.95. The molecule has 0 atom stereocenters. The third-order valence-electron chi connectivity index (χ3n) is 5.40. The molecule has 32 heavy (non-hydrogen) atoms. The van der Waals surface area contributed by atoms with Crippen LogP contribution in [-0.4, -0.2) is 30.7 Å². The summed E-state index contributed by atoms with van der Waals surface area (Å²) in [5, 5.41) is 6.50. The summed E-state index contributed by atoms with van der Waals surface area (Å²) in [6.45, 7) is 2.85. The zero-order valence-electron chi connectivity index (χ0n) is 18.6. The van der Waals surface area contributed by atoms with Gasteiger partial charge in [-0.25, -0.2) is 4.79 Å². The highest BCUT2D eigenvalue weighted by Crippen LogP contribution is 2.38. The third kappa shape index (κ3) is 6.29.